The molecule has 0 aliphatic heterocycles. The van der Waals surface area contributed by atoms with Gasteiger partial charge in [0, 0.05) is 25.2 Å². The second-order valence-corrected chi connectivity index (χ2v) is 5.26. The van der Waals surface area contributed by atoms with Crippen LogP contribution in [0.3, 0.4) is 0 Å². The van der Waals surface area contributed by atoms with Crippen molar-refractivity contribution < 1.29 is 4.74 Å². The minimum Gasteiger partial charge on any atom is -0.497 e. The zero-order valence-corrected chi connectivity index (χ0v) is 13.5. The highest BCUT2D eigenvalue weighted by molar-refractivity contribution is 5.69. The Morgan fingerprint density at radius 1 is 1.27 bits per heavy atom. The first-order chi connectivity index (χ1) is 10.7. The van der Waals surface area contributed by atoms with Crippen molar-refractivity contribution in [1.29, 1.82) is 0 Å². The molecule has 0 aliphatic rings. The van der Waals surface area contributed by atoms with Crippen molar-refractivity contribution in [2.75, 3.05) is 34.3 Å². The summed E-state index contributed by atoms with van der Waals surface area (Å²) in [5, 5.41) is 10.4. The van der Waals surface area contributed by atoms with Crippen LogP contribution in [0.1, 0.15) is 16.8 Å². The Labute approximate surface area is 132 Å². The van der Waals surface area contributed by atoms with Gasteiger partial charge < -0.3 is 15.0 Å². The van der Waals surface area contributed by atoms with Gasteiger partial charge >= 0.3 is 0 Å². The number of methoxy groups -OCH3 is 1. The molecule has 2 rings (SSSR count). The van der Waals surface area contributed by atoms with Crippen molar-refractivity contribution in [2.24, 2.45) is 0 Å². The van der Waals surface area contributed by atoms with E-state index in [9.17, 15) is 0 Å². The number of benzene rings is 1. The first-order valence-electron chi connectivity index (χ1n) is 7.40. The van der Waals surface area contributed by atoms with E-state index in [4.69, 9.17) is 4.74 Å². The lowest BCUT2D eigenvalue weighted by atomic mass is 10.1. The second kappa shape index (κ2) is 8.36. The molecule has 0 amide bonds. The molecule has 0 atom stereocenters. The summed E-state index contributed by atoms with van der Waals surface area (Å²) < 4.78 is 5.16. The number of aromatic nitrogens is 2. The summed E-state index contributed by atoms with van der Waals surface area (Å²) in [7, 11) is 5.75. The normalized spacial score (nSPS) is 11.5. The van der Waals surface area contributed by atoms with Crippen LogP contribution < -0.4 is 10.1 Å². The topological polar surface area (TPSA) is 53.2 Å². The van der Waals surface area contributed by atoms with Crippen molar-refractivity contribution in [3.8, 4) is 5.75 Å². The smallest absolute Gasteiger partial charge is 0.118 e. The molecule has 0 spiro atoms. The molecule has 5 nitrogen and oxygen atoms in total. The summed E-state index contributed by atoms with van der Waals surface area (Å²) in [5.41, 5.74) is 3.38. The Balaban J connectivity index is 2.00. The molecule has 5 heteroatoms. The van der Waals surface area contributed by atoms with Gasteiger partial charge in [-0.3, -0.25) is 5.10 Å². The number of hydrogen-bond donors (Lipinski definition) is 2. The minimum atomic E-state index is 0.866. The summed E-state index contributed by atoms with van der Waals surface area (Å²) in [6.45, 7) is 2.86. The van der Waals surface area contributed by atoms with Crippen LogP contribution in [0.15, 0.2) is 30.5 Å². The van der Waals surface area contributed by atoms with Gasteiger partial charge in [-0.25, -0.2) is 0 Å². The molecular weight excluding hydrogens is 276 g/mol. The van der Waals surface area contributed by atoms with E-state index >= 15 is 0 Å². The van der Waals surface area contributed by atoms with Crippen LogP contribution in [-0.4, -0.2) is 49.4 Å². The van der Waals surface area contributed by atoms with Gasteiger partial charge in [0.25, 0.3) is 0 Å². The van der Waals surface area contributed by atoms with E-state index in [-0.39, 0.29) is 0 Å². The molecule has 0 aliphatic carbocycles. The van der Waals surface area contributed by atoms with Crippen LogP contribution in [0.5, 0.6) is 5.75 Å². The number of nitrogens with one attached hydrogen (secondary N) is 2. The van der Waals surface area contributed by atoms with Crippen LogP contribution in [0, 0.1) is 0 Å². The zero-order valence-electron chi connectivity index (χ0n) is 13.5. The fourth-order valence-electron chi connectivity index (χ4n) is 2.16. The van der Waals surface area contributed by atoms with Gasteiger partial charge in [-0.05, 0) is 37.9 Å². The van der Waals surface area contributed by atoms with Crippen LogP contribution >= 0.6 is 0 Å². The highest BCUT2D eigenvalue weighted by atomic mass is 16.5. The van der Waals surface area contributed by atoms with Crippen LogP contribution in [0.4, 0.5) is 0 Å². The van der Waals surface area contributed by atoms with Gasteiger partial charge in [-0.2, -0.15) is 5.10 Å². The summed E-state index contributed by atoms with van der Waals surface area (Å²) >= 11 is 0. The molecule has 22 heavy (non-hydrogen) atoms. The molecule has 2 N–H and O–H groups in total. The number of likely N-dealkylation sites (N-methyl/N-ethyl adjacent to an activating group) is 2. The fraction of sp³-hybridized carbons (Fsp3) is 0.353. The van der Waals surface area contributed by atoms with Crippen molar-refractivity contribution in [2.45, 2.75) is 6.54 Å². The first kappa shape index (κ1) is 16.3. The molecule has 1 heterocycles. The first-order valence-corrected chi connectivity index (χ1v) is 7.40. The van der Waals surface area contributed by atoms with E-state index in [2.05, 4.69) is 39.6 Å². The maximum absolute atomic E-state index is 5.16. The molecule has 0 bridgehead atoms. The van der Waals surface area contributed by atoms with Gasteiger partial charge in [0.05, 0.1) is 19.0 Å². The minimum absolute atomic E-state index is 0.866. The van der Waals surface area contributed by atoms with E-state index in [1.807, 2.05) is 37.5 Å². The van der Waals surface area contributed by atoms with Crippen LogP contribution in [-0.2, 0) is 6.54 Å². The number of hydrogen-bond acceptors (Lipinski definition) is 4. The predicted octanol–water partition coefficient (Wildman–Crippen LogP) is 2.24. The number of nitrogens with zero attached hydrogens (tertiary/aromatic N) is 2. The Morgan fingerprint density at radius 2 is 2.05 bits per heavy atom. The third kappa shape index (κ3) is 4.72. The highest BCUT2D eigenvalue weighted by Gasteiger charge is 2.05. The van der Waals surface area contributed by atoms with Gasteiger partial charge in [0.15, 0.2) is 0 Å². The molecule has 118 valence electrons. The summed E-state index contributed by atoms with van der Waals surface area (Å²) in [5.74, 6) is 0.866. The molecule has 0 radical (unpaired) electrons. The Morgan fingerprint density at radius 3 is 2.73 bits per heavy atom. The lowest BCUT2D eigenvalue weighted by Gasteiger charge is -2.15. The number of rotatable bonds is 8. The highest BCUT2D eigenvalue weighted by Crippen LogP contribution is 2.15. The average Bonchev–Trinajstić information content (AvgIpc) is 2.98. The second-order valence-electron chi connectivity index (χ2n) is 5.26. The quantitative estimate of drug-likeness (QED) is 0.785. The maximum Gasteiger partial charge on any atom is 0.118 e. The van der Waals surface area contributed by atoms with Gasteiger partial charge in [0.2, 0.25) is 0 Å². The summed E-state index contributed by atoms with van der Waals surface area (Å²) in [6.07, 6.45) is 6.03. The third-order valence-electron chi connectivity index (χ3n) is 3.49. The van der Waals surface area contributed by atoms with Gasteiger partial charge in [-0.15, -0.1) is 0 Å². The maximum atomic E-state index is 5.16. The Hall–Kier alpha value is -2.11. The van der Waals surface area contributed by atoms with Gasteiger partial charge in [-0.1, -0.05) is 18.2 Å². The molecular formula is C17H24N4O. The standard InChI is InChI=1S/C17H24N4O/c1-18-10-11-21(2)13-15-12-19-20-17(15)9-6-14-4-7-16(22-3)8-5-14/h4-9,12,18H,10-11,13H2,1-3H3,(H,19,20). The van der Waals surface area contributed by atoms with Crippen molar-refractivity contribution in [3.63, 3.8) is 0 Å². The monoisotopic (exact) mass is 300 g/mol. The number of H-pyrrole nitrogens is 1. The molecule has 0 saturated carbocycles. The largest absolute Gasteiger partial charge is 0.497 e. The van der Waals surface area contributed by atoms with Gasteiger partial charge in [0.1, 0.15) is 5.75 Å². The van der Waals surface area contributed by atoms with E-state index < -0.39 is 0 Å². The van der Waals surface area contributed by atoms with Crippen LogP contribution in [0.2, 0.25) is 0 Å². The number of ether oxygens (including phenoxy) is 1. The molecule has 1 aromatic carbocycles. The Kier molecular flexibility index (Phi) is 6.18. The van der Waals surface area contributed by atoms with E-state index in [0.717, 1.165) is 36.6 Å². The van der Waals surface area contributed by atoms with Crippen molar-refractivity contribution in [3.05, 3.63) is 47.3 Å². The predicted molar refractivity (Wildman–Crippen MR) is 90.8 cm³/mol. The van der Waals surface area contributed by atoms with Crippen molar-refractivity contribution >= 4 is 12.2 Å². The molecule has 0 unspecified atom stereocenters. The van der Waals surface area contributed by atoms with Crippen LogP contribution in [0.25, 0.3) is 12.2 Å². The zero-order chi connectivity index (χ0) is 15.8. The van der Waals surface area contributed by atoms with Crippen molar-refractivity contribution in [1.82, 2.24) is 20.4 Å². The van der Waals surface area contributed by atoms with E-state index in [1.54, 1.807) is 7.11 Å². The summed E-state index contributed by atoms with van der Waals surface area (Å²) in [4.78, 5) is 2.27. The molecule has 2 aromatic rings. The van der Waals surface area contributed by atoms with E-state index in [1.165, 1.54) is 5.56 Å². The SMILES string of the molecule is CNCCN(C)Cc1cn[nH]c1C=Cc1ccc(OC)cc1. The summed E-state index contributed by atoms with van der Waals surface area (Å²) in [6, 6.07) is 7.98. The Bertz CT molecular complexity index is 589. The third-order valence-corrected chi connectivity index (χ3v) is 3.49. The average molecular weight is 300 g/mol. The lowest BCUT2D eigenvalue weighted by molar-refractivity contribution is 0.328. The molecule has 0 fully saturated rings. The lowest BCUT2D eigenvalue weighted by Crippen LogP contribution is -2.27. The fourth-order valence-corrected chi connectivity index (χ4v) is 2.16. The number of aromatic amines is 1. The molecule has 1 aromatic heterocycles. The van der Waals surface area contributed by atoms with E-state index in [0.29, 0.717) is 0 Å². The molecule has 0 saturated heterocycles.